The summed E-state index contributed by atoms with van der Waals surface area (Å²) in [5.74, 6) is 0. The predicted octanol–water partition coefficient (Wildman–Crippen LogP) is 3.19. The van der Waals surface area contributed by atoms with Crippen molar-refractivity contribution in [2.45, 2.75) is 0 Å². The number of rotatable bonds is 3. The summed E-state index contributed by atoms with van der Waals surface area (Å²) in [4.78, 5) is 0. The largest absolute Gasteiger partial charge is 0.326 e. The lowest BCUT2D eigenvalue weighted by Crippen LogP contribution is -2.01. The van der Waals surface area contributed by atoms with Crippen LogP contribution in [0, 0.1) is 0 Å². The van der Waals surface area contributed by atoms with E-state index in [0.717, 1.165) is 5.57 Å². The van der Waals surface area contributed by atoms with Gasteiger partial charge in [-0.25, -0.2) is 0 Å². The number of nitrogens with two attached hydrogens (primary N) is 1. The number of hydrogen-bond donors (Lipinski definition) is 1. The highest BCUT2D eigenvalue weighted by molar-refractivity contribution is 5.82. The SMILES string of the molecule is NC/C(=C/c1ccccc1)c1ccccc1. The Bertz CT molecular complexity index is 457. The minimum Gasteiger partial charge on any atom is -0.326 e. The zero-order valence-electron chi connectivity index (χ0n) is 9.14. The fourth-order valence-electron chi connectivity index (χ4n) is 1.66. The molecule has 2 N–H and O–H groups in total. The van der Waals surface area contributed by atoms with Gasteiger partial charge in [0.1, 0.15) is 0 Å². The van der Waals surface area contributed by atoms with E-state index in [1.54, 1.807) is 0 Å². The van der Waals surface area contributed by atoms with Crippen molar-refractivity contribution in [3.8, 4) is 0 Å². The first-order valence-corrected chi connectivity index (χ1v) is 5.41. The maximum Gasteiger partial charge on any atom is 0.0184 e. The summed E-state index contributed by atoms with van der Waals surface area (Å²) in [5, 5.41) is 0. The molecule has 0 aromatic heterocycles. The van der Waals surface area contributed by atoms with E-state index in [1.807, 2.05) is 36.4 Å². The minimum atomic E-state index is 0.554. The van der Waals surface area contributed by atoms with Crippen LogP contribution >= 0.6 is 0 Å². The van der Waals surface area contributed by atoms with E-state index in [-0.39, 0.29) is 0 Å². The molecule has 0 aliphatic carbocycles. The maximum absolute atomic E-state index is 5.78. The molecule has 2 aromatic carbocycles. The van der Waals surface area contributed by atoms with Crippen LogP contribution in [-0.2, 0) is 0 Å². The van der Waals surface area contributed by atoms with Crippen LogP contribution in [0.15, 0.2) is 60.7 Å². The third-order valence-electron chi connectivity index (χ3n) is 2.50. The van der Waals surface area contributed by atoms with Gasteiger partial charge in [0.25, 0.3) is 0 Å². The Kier molecular flexibility index (Phi) is 3.52. The summed E-state index contributed by atoms with van der Waals surface area (Å²) in [7, 11) is 0. The van der Waals surface area contributed by atoms with Crippen molar-refractivity contribution in [2.75, 3.05) is 6.54 Å². The van der Waals surface area contributed by atoms with Crippen molar-refractivity contribution < 1.29 is 0 Å². The summed E-state index contributed by atoms with van der Waals surface area (Å²) >= 11 is 0. The Morgan fingerprint density at radius 3 is 2.00 bits per heavy atom. The molecule has 0 spiro atoms. The first-order valence-electron chi connectivity index (χ1n) is 5.41. The molecule has 1 heteroatoms. The van der Waals surface area contributed by atoms with Crippen molar-refractivity contribution in [3.63, 3.8) is 0 Å². The van der Waals surface area contributed by atoms with Crippen LogP contribution in [0.2, 0.25) is 0 Å². The second-order valence-electron chi connectivity index (χ2n) is 3.65. The molecule has 0 aliphatic heterocycles. The maximum atomic E-state index is 5.78. The third-order valence-corrected chi connectivity index (χ3v) is 2.50. The topological polar surface area (TPSA) is 26.0 Å². The Morgan fingerprint density at radius 2 is 1.44 bits per heavy atom. The third kappa shape index (κ3) is 2.59. The molecular weight excluding hydrogens is 194 g/mol. The summed E-state index contributed by atoms with van der Waals surface area (Å²) in [6.45, 7) is 0.554. The summed E-state index contributed by atoms with van der Waals surface area (Å²) in [5.41, 5.74) is 9.32. The highest BCUT2D eigenvalue weighted by Crippen LogP contribution is 2.16. The molecule has 16 heavy (non-hydrogen) atoms. The van der Waals surface area contributed by atoms with Crippen molar-refractivity contribution in [1.29, 1.82) is 0 Å². The number of hydrogen-bond acceptors (Lipinski definition) is 1. The Balaban J connectivity index is 2.34. The van der Waals surface area contributed by atoms with Gasteiger partial charge in [-0.15, -0.1) is 0 Å². The van der Waals surface area contributed by atoms with E-state index in [2.05, 4.69) is 30.3 Å². The van der Waals surface area contributed by atoms with E-state index in [9.17, 15) is 0 Å². The summed E-state index contributed by atoms with van der Waals surface area (Å²) in [6, 6.07) is 20.5. The van der Waals surface area contributed by atoms with Crippen LogP contribution in [0.3, 0.4) is 0 Å². The van der Waals surface area contributed by atoms with Gasteiger partial charge < -0.3 is 5.73 Å². The molecule has 0 fully saturated rings. The second kappa shape index (κ2) is 5.29. The average Bonchev–Trinajstić information content (AvgIpc) is 2.38. The standard InChI is InChI=1S/C15H15N/c16-12-15(14-9-5-2-6-10-14)11-13-7-3-1-4-8-13/h1-11H,12,16H2/b15-11-. The molecule has 0 atom stereocenters. The van der Waals surface area contributed by atoms with Gasteiger partial charge in [0.05, 0.1) is 0 Å². The second-order valence-corrected chi connectivity index (χ2v) is 3.65. The molecule has 0 unspecified atom stereocenters. The Hall–Kier alpha value is -1.86. The molecule has 0 saturated carbocycles. The van der Waals surface area contributed by atoms with Crippen molar-refractivity contribution in [2.24, 2.45) is 5.73 Å². The summed E-state index contributed by atoms with van der Waals surface area (Å²) < 4.78 is 0. The van der Waals surface area contributed by atoms with Gasteiger partial charge in [-0.3, -0.25) is 0 Å². The highest BCUT2D eigenvalue weighted by Gasteiger charge is 1.98. The average molecular weight is 209 g/mol. The molecule has 2 rings (SSSR count). The van der Waals surface area contributed by atoms with Crippen molar-refractivity contribution >= 4 is 11.6 Å². The summed E-state index contributed by atoms with van der Waals surface area (Å²) in [6.07, 6.45) is 2.13. The molecule has 2 aromatic rings. The van der Waals surface area contributed by atoms with Crippen LogP contribution in [-0.4, -0.2) is 6.54 Å². The lowest BCUT2D eigenvalue weighted by Gasteiger charge is -2.04. The van der Waals surface area contributed by atoms with E-state index in [0.29, 0.717) is 6.54 Å². The van der Waals surface area contributed by atoms with Crippen LogP contribution < -0.4 is 5.73 Å². The minimum absolute atomic E-state index is 0.554. The molecule has 0 aliphatic rings. The molecule has 0 amide bonds. The predicted molar refractivity (Wildman–Crippen MR) is 69.8 cm³/mol. The Labute approximate surface area is 96.2 Å². The smallest absolute Gasteiger partial charge is 0.0184 e. The quantitative estimate of drug-likeness (QED) is 0.772. The fraction of sp³-hybridized carbons (Fsp3) is 0.0667. The lowest BCUT2D eigenvalue weighted by atomic mass is 10.0. The zero-order chi connectivity index (χ0) is 11.2. The van der Waals surface area contributed by atoms with Crippen molar-refractivity contribution in [3.05, 3.63) is 71.8 Å². The first kappa shape index (κ1) is 10.7. The first-order chi connectivity index (χ1) is 7.90. The van der Waals surface area contributed by atoms with Crippen LogP contribution in [0.4, 0.5) is 0 Å². The van der Waals surface area contributed by atoms with E-state index < -0.39 is 0 Å². The van der Waals surface area contributed by atoms with Crippen LogP contribution in [0.5, 0.6) is 0 Å². The molecule has 1 nitrogen and oxygen atoms in total. The van der Waals surface area contributed by atoms with Gasteiger partial charge in [0.15, 0.2) is 0 Å². The van der Waals surface area contributed by atoms with Gasteiger partial charge in [-0.05, 0) is 22.8 Å². The van der Waals surface area contributed by atoms with E-state index >= 15 is 0 Å². The van der Waals surface area contributed by atoms with E-state index in [1.165, 1.54) is 11.1 Å². The highest BCUT2D eigenvalue weighted by atomic mass is 14.5. The molecule has 80 valence electrons. The Morgan fingerprint density at radius 1 is 0.875 bits per heavy atom. The normalized spacial score (nSPS) is 11.4. The van der Waals surface area contributed by atoms with Gasteiger partial charge in [0, 0.05) is 6.54 Å². The molecule has 0 radical (unpaired) electrons. The lowest BCUT2D eigenvalue weighted by molar-refractivity contribution is 1.27. The van der Waals surface area contributed by atoms with Gasteiger partial charge in [-0.2, -0.15) is 0 Å². The molecule has 0 saturated heterocycles. The van der Waals surface area contributed by atoms with Crippen LogP contribution in [0.1, 0.15) is 11.1 Å². The van der Waals surface area contributed by atoms with Crippen molar-refractivity contribution in [1.82, 2.24) is 0 Å². The molecule has 0 heterocycles. The van der Waals surface area contributed by atoms with E-state index in [4.69, 9.17) is 5.73 Å². The number of benzene rings is 2. The molecular formula is C15H15N. The molecule has 0 bridgehead atoms. The fourth-order valence-corrected chi connectivity index (χ4v) is 1.66. The van der Waals surface area contributed by atoms with Crippen LogP contribution in [0.25, 0.3) is 11.6 Å². The van der Waals surface area contributed by atoms with Gasteiger partial charge in [0.2, 0.25) is 0 Å². The monoisotopic (exact) mass is 209 g/mol. The van der Waals surface area contributed by atoms with Gasteiger partial charge in [-0.1, -0.05) is 60.7 Å². The zero-order valence-corrected chi connectivity index (χ0v) is 9.14. The van der Waals surface area contributed by atoms with Gasteiger partial charge >= 0.3 is 0 Å².